The summed E-state index contributed by atoms with van der Waals surface area (Å²) in [6.45, 7) is 0. The largest absolute Gasteiger partial charge is 0.768 e. The van der Waals surface area contributed by atoms with E-state index in [-0.39, 0.29) is 27.0 Å². The topological polar surface area (TPSA) is 182 Å². The van der Waals surface area contributed by atoms with Gasteiger partial charge in [0.2, 0.25) is 0 Å². The Hall–Kier alpha value is -2.63. The van der Waals surface area contributed by atoms with Crippen LogP contribution < -0.4 is 5.73 Å². The second-order valence-electron chi connectivity index (χ2n) is 6.12. The van der Waals surface area contributed by atoms with Crippen LogP contribution in [0.4, 0.5) is 17.1 Å². The number of fused-ring (bicyclic) bond motifs is 1. The van der Waals surface area contributed by atoms with Gasteiger partial charge in [-0.1, -0.05) is 5.04 Å². The predicted molar refractivity (Wildman–Crippen MR) is 117 cm³/mol. The number of azo groups is 1. The third-order valence-electron chi connectivity index (χ3n) is 4.16. The number of benzene rings is 3. The highest BCUT2D eigenvalue weighted by molar-refractivity contribution is 7.94. The van der Waals surface area contributed by atoms with Crippen LogP contribution in [0.25, 0.3) is 10.8 Å². The summed E-state index contributed by atoms with van der Waals surface area (Å²) < 4.78 is 56.3. The van der Waals surface area contributed by atoms with Gasteiger partial charge < -0.3 is 15.4 Å². The molecular weight excluding hydrogens is 498 g/mol. The Bertz CT molecular complexity index is 1330. The lowest BCUT2D eigenvalue weighted by atomic mass is 10.1. The molecule has 1 atom stereocenters. The molecule has 0 bridgehead atoms. The number of anilines is 1. The second kappa shape index (κ2) is 10.5. The molecule has 0 aliphatic rings. The standard InChI is InChI=1S/C18H17N3O9S3/c1-27-29-30-31-12-7-10-8-15(33(25,26)28-2)17(18(22)16(10)14(19)9-12)21-20-11-3-5-13(6-4-11)32(23)24/h3-9,22H,19H2,1-2H3,(H,23,24)/p-1. The Balaban J connectivity index is 2.15. The van der Waals surface area contributed by atoms with Crippen LogP contribution in [0.3, 0.4) is 0 Å². The molecule has 15 heteroatoms. The molecule has 0 aromatic heterocycles. The average molecular weight is 515 g/mol. The molecule has 0 amide bonds. The van der Waals surface area contributed by atoms with E-state index in [1.807, 2.05) is 0 Å². The highest BCUT2D eigenvalue weighted by Crippen LogP contribution is 2.45. The molecule has 0 fully saturated rings. The van der Waals surface area contributed by atoms with E-state index in [2.05, 4.69) is 24.3 Å². The van der Waals surface area contributed by atoms with Crippen molar-refractivity contribution < 1.29 is 40.7 Å². The van der Waals surface area contributed by atoms with Crippen LogP contribution >= 0.6 is 12.0 Å². The van der Waals surface area contributed by atoms with Crippen molar-refractivity contribution in [2.75, 3.05) is 20.0 Å². The zero-order valence-electron chi connectivity index (χ0n) is 17.0. The van der Waals surface area contributed by atoms with Crippen molar-refractivity contribution in [3.63, 3.8) is 0 Å². The second-order valence-corrected chi connectivity index (χ2v) is 9.51. The highest BCUT2D eigenvalue weighted by Gasteiger charge is 2.25. The maximum Gasteiger partial charge on any atom is 0.299 e. The summed E-state index contributed by atoms with van der Waals surface area (Å²) >= 11 is -1.68. The van der Waals surface area contributed by atoms with Gasteiger partial charge in [-0.25, -0.2) is 4.89 Å². The van der Waals surface area contributed by atoms with Crippen molar-refractivity contribution >= 4 is 61.1 Å². The van der Waals surface area contributed by atoms with Gasteiger partial charge in [0.25, 0.3) is 10.1 Å². The van der Waals surface area contributed by atoms with E-state index in [0.29, 0.717) is 4.90 Å². The Morgan fingerprint density at radius 1 is 1.12 bits per heavy atom. The number of phenols is 1. The summed E-state index contributed by atoms with van der Waals surface area (Å²) in [4.78, 5) is 4.30. The Morgan fingerprint density at radius 2 is 1.82 bits per heavy atom. The molecule has 12 nitrogen and oxygen atoms in total. The van der Waals surface area contributed by atoms with Gasteiger partial charge in [-0.2, -0.15) is 13.5 Å². The monoisotopic (exact) mass is 514 g/mol. The summed E-state index contributed by atoms with van der Waals surface area (Å²) in [5, 5.41) is 23.3. The Morgan fingerprint density at radius 3 is 2.42 bits per heavy atom. The van der Waals surface area contributed by atoms with Gasteiger partial charge in [0, 0.05) is 20.9 Å². The first-order valence-corrected chi connectivity index (χ1v) is 11.9. The van der Waals surface area contributed by atoms with Crippen molar-refractivity contribution in [3.8, 4) is 5.75 Å². The molecule has 0 heterocycles. The van der Waals surface area contributed by atoms with Gasteiger partial charge in [0.15, 0.2) is 5.75 Å². The Labute approximate surface area is 194 Å². The molecule has 176 valence electrons. The van der Waals surface area contributed by atoms with Crippen molar-refractivity contribution in [1.82, 2.24) is 0 Å². The number of phenolic OH excluding ortho intramolecular Hbond substituents is 1. The first-order chi connectivity index (χ1) is 15.7. The number of hydrogen-bond donors (Lipinski definition) is 2. The summed E-state index contributed by atoms with van der Waals surface area (Å²) in [5.74, 6) is -0.549. The number of nitrogen functional groups attached to an aromatic ring is 1. The molecule has 0 aliphatic heterocycles. The van der Waals surface area contributed by atoms with E-state index >= 15 is 0 Å². The van der Waals surface area contributed by atoms with Crippen LogP contribution in [-0.2, 0) is 39.6 Å². The van der Waals surface area contributed by atoms with Gasteiger partial charge in [-0.15, -0.1) is 9.45 Å². The number of nitrogens with two attached hydrogens (primary N) is 1. The number of hydrogen-bond acceptors (Lipinski definition) is 13. The molecule has 0 saturated carbocycles. The third-order valence-corrected chi connectivity index (χ3v) is 6.66. The smallest absolute Gasteiger partial charge is 0.299 e. The molecule has 0 radical (unpaired) electrons. The summed E-state index contributed by atoms with van der Waals surface area (Å²) in [6, 6.07) is 9.46. The zero-order valence-corrected chi connectivity index (χ0v) is 19.4. The van der Waals surface area contributed by atoms with E-state index in [9.17, 15) is 22.3 Å². The van der Waals surface area contributed by atoms with Gasteiger partial charge in [0.1, 0.15) is 10.6 Å². The summed E-state index contributed by atoms with van der Waals surface area (Å²) in [5.41, 5.74) is 5.95. The lowest BCUT2D eigenvalue weighted by molar-refractivity contribution is -0.447. The molecule has 3 rings (SSSR count). The highest BCUT2D eigenvalue weighted by atomic mass is 32.2. The first kappa shape index (κ1) is 25.0. The Kier molecular flexibility index (Phi) is 7.98. The van der Waals surface area contributed by atoms with Crippen LogP contribution in [0.5, 0.6) is 5.75 Å². The lowest BCUT2D eigenvalue weighted by Gasteiger charge is -2.13. The predicted octanol–water partition coefficient (Wildman–Crippen LogP) is 3.63. The molecule has 1 unspecified atom stereocenters. The van der Waals surface area contributed by atoms with Gasteiger partial charge in [-0.05, 0) is 58.9 Å². The molecule has 3 N–H and O–H groups in total. The van der Waals surface area contributed by atoms with Crippen molar-refractivity contribution in [2.45, 2.75) is 14.7 Å². The minimum atomic E-state index is -4.33. The minimum absolute atomic E-state index is 0.0338. The van der Waals surface area contributed by atoms with Gasteiger partial charge in [-0.3, -0.25) is 8.39 Å². The van der Waals surface area contributed by atoms with Crippen molar-refractivity contribution in [1.29, 1.82) is 0 Å². The summed E-state index contributed by atoms with van der Waals surface area (Å²) in [7, 11) is -2.14. The molecule has 3 aromatic rings. The summed E-state index contributed by atoms with van der Waals surface area (Å²) in [6.07, 6.45) is 0. The zero-order chi connectivity index (χ0) is 24.2. The molecule has 0 saturated heterocycles. The molecule has 0 aliphatic carbocycles. The fraction of sp³-hybridized carbons (Fsp3) is 0.111. The van der Waals surface area contributed by atoms with E-state index in [0.717, 1.165) is 19.2 Å². The van der Waals surface area contributed by atoms with Crippen molar-refractivity contribution in [3.05, 3.63) is 42.5 Å². The molecular formula is C18H16N3O9S3-. The quantitative estimate of drug-likeness (QED) is 0.0621. The number of nitrogens with zero attached hydrogens (tertiary/aromatic N) is 2. The maximum atomic E-state index is 12.5. The van der Waals surface area contributed by atoms with Gasteiger partial charge in [0.05, 0.1) is 31.9 Å². The molecule has 33 heavy (non-hydrogen) atoms. The maximum absolute atomic E-state index is 12.5. The molecule has 3 aromatic carbocycles. The van der Waals surface area contributed by atoms with Crippen LogP contribution in [-0.4, -0.2) is 36.5 Å². The molecule has 0 spiro atoms. The van der Waals surface area contributed by atoms with Crippen LogP contribution in [0.2, 0.25) is 0 Å². The fourth-order valence-electron chi connectivity index (χ4n) is 2.73. The van der Waals surface area contributed by atoms with Crippen LogP contribution in [0.1, 0.15) is 0 Å². The first-order valence-electron chi connectivity index (χ1n) is 8.73. The van der Waals surface area contributed by atoms with E-state index in [4.69, 9.17) is 10.1 Å². The minimum Gasteiger partial charge on any atom is -0.768 e. The van der Waals surface area contributed by atoms with E-state index < -0.39 is 37.5 Å². The SMILES string of the molecule is COOOSc1cc(N)c2c(O)c(N=Nc3ccc(S(=O)[O-])cc3)c(S(=O)(=O)OC)cc2c1. The van der Waals surface area contributed by atoms with E-state index in [1.54, 1.807) is 0 Å². The lowest BCUT2D eigenvalue weighted by Crippen LogP contribution is -2.04. The van der Waals surface area contributed by atoms with Crippen molar-refractivity contribution in [2.24, 2.45) is 10.2 Å². The van der Waals surface area contributed by atoms with E-state index in [1.165, 1.54) is 49.6 Å². The van der Waals surface area contributed by atoms with Gasteiger partial charge >= 0.3 is 0 Å². The number of aromatic hydroxyl groups is 1. The van der Waals surface area contributed by atoms with Crippen LogP contribution in [0, 0.1) is 0 Å². The normalized spacial score (nSPS) is 13.1. The average Bonchev–Trinajstić information content (AvgIpc) is 2.78. The van der Waals surface area contributed by atoms with Crippen LogP contribution in [0.15, 0.2) is 67.4 Å². The third kappa shape index (κ3) is 5.66. The number of rotatable bonds is 9. The fourth-order valence-corrected chi connectivity index (χ4v) is 4.42.